The highest BCUT2D eigenvalue weighted by Gasteiger charge is 2.35. The van der Waals surface area contributed by atoms with Crippen LogP contribution in [0.1, 0.15) is 70.4 Å². The van der Waals surface area contributed by atoms with Crippen molar-refractivity contribution in [2.45, 2.75) is 71.1 Å². The maximum absolute atomic E-state index is 6.24. The van der Waals surface area contributed by atoms with Gasteiger partial charge in [-0.05, 0) is 18.6 Å². The van der Waals surface area contributed by atoms with Gasteiger partial charge in [0.2, 0.25) is 0 Å². The van der Waals surface area contributed by atoms with Crippen molar-refractivity contribution in [2.75, 3.05) is 27.3 Å². The zero-order valence-electron chi connectivity index (χ0n) is 19.6. The van der Waals surface area contributed by atoms with Crippen LogP contribution in [-0.4, -0.2) is 38.0 Å². The minimum Gasteiger partial charge on any atom is -0.491 e. The molecule has 0 saturated carbocycles. The first kappa shape index (κ1) is 24.4. The van der Waals surface area contributed by atoms with Crippen molar-refractivity contribution in [1.29, 1.82) is 0 Å². The number of rotatable bonds is 15. The van der Waals surface area contributed by atoms with E-state index in [-0.39, 0.29) is 6.23 Å². The third-order valence-corrected chi connectivity index (χ3v) is 6.21. The summed E-state index contributed by atoms with van der Waals surface area (Å²) in [5.41, 5.74) is 1.41. The first-order chi connectivity index (χ1) is 14.6. The molecule has 0 bridgehead atoms. The Balaban J connectivity index is 1.89. The number of hydrogen-bond donors (Lipinski definition) is 0. The van der Waals surface area contributed by atoms with Crippen molar-refractivity contribution in [1.82, 2.24) is 0 Å². The molecule has 0 N–H and O–H groups in total. The first-order valence-corrected chi connectivity index (χ1v) is 11.7. The summed E-state index contributed by atoms with van der Waals surface area (Å²) < 4.78 is 12.9. The molecule has 2 atom stereocenters. The molecule has 2 aromatic carbocycles. The Bertz CT molecular complexity index is 672. The van der Waals surface area contributed by atoms with Crippen LogP contribution in [0.25, 0.3) is 0 Å². The molecule has 0 heterocycles. The van der Waals surface area contributed by atoms with Gasteiger partial charge in [0, 0.05) is 18.9 Å². The van der Waals surface area contributed by atoms with E-state index in [1.165, 1.54) is 50.5 Å². The van der Waals surface area contributed by atoms with Gasteiger partial charge < -0.3 is 9.47 Å². The topological polar surface area (TPSA) is 18.5 Å². The van der Waals surface area contributed by atoms with Crippen molar-refractivity contribution < 1.29 is 14.0 Å². The number of nitrogens with zero attached hydrogens (tertiary/aromatic N) is 1. The molecule has 3 nitrogen and oxygen atoms in total. The molecule has 166 valence electrons. The Hall–Kier alpha value is -1.84. The summed E-state index contributed by atoms with van der Waals surface area (Å²) in [5, 5.41) is 0. The van der Waals surface area contributed by atoms with Crippen LogP contribution in [0, 0.1) is 0 Å². The maximum Gasteiger partial charge on any atom is 0.190 e. The standard InChI is InChI=1S/C27H42NO2/c1-5-6-7-8-9-16-21-27(25-17-12-10-13-18-25)28(3,4)24(2)29-22-23-30-26-19-14-11-15-20-26/h10-15,17-20,24,27H,5-9,16,21-23H2,1-4H3/q+1. The lowest BCUT2D eigenvalue weighted by molar-refractivity contribution is -0.964. The van der Waals surface area contributed by atoms with Crippen LogP contribution in [-0.2, 0) is 4.74 Å². The van der Waals surface area contributed by atoms with E-state index in [0.717, 1.165) is 10.2 Å². The van der Waals surface area contributed by atoms with Gasteiger partial charge in [0.1, 0.15) is 18.4 Å². The van der Waals surface area contributed by atoms with E-state index in [1.54, 1.807) is 0 Å². The maximum atomic E-state index is 6.24. The molecular weight excluding hydrogens is 370 g/mol. The van der Waals surface area contributed by atoms with Crippen LogP contribution in [0.3, 0.4) is 0 Å². The number of unbranched alkanes of at least 4 members (excludes halogenated alkanes) is 5. The second kappa shape index (κ2) is 13.5. The molecule has 0 aliphatic heterocycles. The third kappa shape index (κ3) is 8.12. The van der Waals surface area contributed by atoms with Crippen LogP contribution in [0.5, 0.6) is 5.75 Å². The van der Waals surface area contributed by atoms with E-state index in [2.05, 4.69) is 58.3 Å². The Kier molecular flexibility index (Phi) is 11.0. The van der Waals surface area contributed by atoms with Crippen molar-refractivity contribution in [3.05, 3.63) is 66.2 Å². The van der Waals surface area contributed by atoms with Crippen molar-refractivity contribution in [2.24, 2.45) is 0 Å². The molecule has 2 unspecified atom stereocenters. The van der Waals surface area contributed by atoms with Crippen LogP contribution in [0.2, 0.25) is 0 Å². The zero-order valence-corrected chi connectivity index (χ0v) is 19.6. The Morgan fingerprint density at radius 3 is 2.03 bits per heavy atom. The number of hydrogen-bond acceptors (Lipinski definition) is 2. The molecule has 30 heavy (non-hydrogen) atoms. The molecule has 0 radical (unpaired) electrons. The van der Waals surface area contributed by atoms with E-state index >= 15 is 0 Å². The van der Waals surface area contributed by atoms with Gasteiger partial charge in [-0.1, -0.05) is 87.6 Å². The van der Waals surface area contributed by atoms with Crippen LogP contribution >= 0.6 is 0 Å². The summed E-state index contributed by atoms with van der Waals surface area (Å²) in [6, 6.07) is 21.3. The summed E-state index contributed by atoms with van der Waals surface area (Å²) >= 11 is 0. The van der Waals surface area contributed by atoms with E-state index in [0.29, 0.717) is 19.3 Å². The second-order valence-electron chi connectivity index (χ2n) is 8.74. The average molecular weight is 413 g/mol. The number of benzene rings is 2. The predicted octanol–water partition coefficient (Wildman–Crippen LogP) is 7.00. The van der Waals surface area contributed by atoms with Gasteiger partial charge in [-0.15, -0.1) is 0 Å². The van der Waals surface area contributed by atoms with Crippen LogP contribution < -0.4 is 4.74 Å². The van der Waals surface area contributed by atoms with Crippen molar-refractivity contribution in [3.63, 3.8) is 0 Å². The smallest absolute Gasteiger partial charge is 0.190 e. The quantitative estimate of drug-likeness (QED) is 0.178. The monoisotopic (exact) mass is 412 g/mol. The molecule has 0 spiro atoms. The largest absolute Gasteiger partial charge is 0.491 e. The van der Waals surface area contributed by atoms with E-state index in [9.17, 15) is 0 Å². The van der Waals surface area contributed by atoms with Gasteiger partial charge in [0.15, 0.2) is 6.23 Å². The molecule has 3 heteroatoms. The van der Waals surface area contributed by atoms with Crippen LogP contribution in [0.15, 0.2) is 60.7 Å². The average Bonchev–Trinajstić information content (AvgIpc) is 2.77. The lowest BCUT2D eigenvalue weighted by Gasteiger charge is -2.42. The van der Waals surface area contributed by atoms with E-state index in [1.807, 2.05) is 30.3 Å². The van der Waals surface area contributed by atoms with E-state index in [4.69, 9.17) is 9.47 Å². The molecule has 0 aromatic heterocycles. The Labute approximate surface area is 184 Å². The highest BCUT2D eigenvalue weighted by Crippen LogP contribution is 2.33. The van der Waals surface area contributed by atoms with Gasteiger partial charge in [-0.25, -0.2) is 0 Å². The van der Waals surface area contributed by atoms with Crippen molar-refractivity contribution >= 4 is 0 Å². The summed E-state index contributed by atoms with van der Waals surface area (Å²) in [4.78, 5) is 0. The lowest BCUT2D eigenvalue weighted by Crippen LogP contribution is -2.51. The van der Waals surface area contributed by atoms with Crippen LogP contribution in [0.4, 0.5) is 0 Å². The van der Waals surface area contributed by atoms with Gasteiger partial charge in [0.25, 0.3) is 0 Å². The molecule has 2 rings (SSSR count). The molecule has 0 aliphatic carbocycles. The minimum atomic E-state index is 0.0923. The Morgan fingerprint density at radius 1 is 0.767 bits per heavy atom. The summed E-state index contributed by atoms with van der Waals surface area (Å²) in [5.74, 6) is 0.896. The fourth-order valence-corrected chi connectivity index (χ4v) is 4.02. The van der Waals surface area contributed by atoms with Crippen molar-refractivity contribution in [3.8, 4) is 5.75 Å². The molecule has 2 aromatic rings. The SMILES string of the molecule is CCCCCCCCC(c1ccccc1)[N+](C)(C)C(C)OCCOc1ccccc1. The fraction of sp³-hybridized carbons (Fsp3) is 0.556. The lowest BCUT2D eigenvalue weighted by atomic mass is 9.96. The normalized spacial score (nSPS) is 13.7. The number of ether oxygens (including phenoxy) is 2. The molecule has 0 fully saturated rings. The van der Waals surface area contributed by atoms with Gasteiger partial charge in [-0.2, -0.15) is 0 Å². The fourth-order valence-electron chi connectivity index (χ4n) is 4.02. The minimum absolute atomic E-state index is 0.0923. The zero-order chi connectivity index (χ0) is 21.7. The molecular formula is C27H42NO2+. The predicted molar refractivity (Wildman–Crippen MR) is 127 cm³/mol. The molecule has 0 saturated heterocycles. The Morgan fingerprint density at radius 2 is 1.37 bits per heavy atom. The third-order valence-electron chi connectivity index (χ3n) is 6.21. The number of para-hydroxylation sites is 1. The van der Waals surface area contributed by atoms with E-state index < -0.39 is 0 Å². The first-order valence-electron chi connectivity index (χ1n) is 11.7. The highest BCUT2D eigenvalue weighted by atomic mass is 16.5. The van der Waals surface area contributed by atoms with Gasteiger partial charge in [0.05, 0.1) is 20.7 Å². The molecule has 0 aliphatic rings. The summed E-state index contributed by atoms with van der Waals surface area (Å²) in [7, 11) is 4.61. The summed E-state index contributed by atoms with van der Waals surface area (Å²) in [6.45, 7) is 5.63. The van der Waals surface area contributed by atoms with Gasteiger partial charge >= 0.3 is 0 Å². The second-order valence-corrected chi connectivity index (χ2v) is 8.74. The van der Waals surface area contributed by atoms with Gasteiger partial charge in [-0.3, -0.25) is 4.48 Å². The highest BCUT2D eigenvalue weighted by molar-refractivity contribution is 5.20. The number of quaternary nitrogens is 1. The summed E-state index contributed by atoms with van der Waals surface area (Å²) in [6.07, 6.45) is 9.26. The molecule has 0 amide bonds.